The predicted molar refractivity (Wildman–Crippen MR) is 78.6 cm³/mol. The summed E-state index contributed by atoms with van der Waals surface area (Å²) in [4.78, 5) is 15.5. The molecule has 1 heterocycles. The molecule has 6 nitrogen and oxygen atoms in total. The van der Waals surface area contributed by atoms with Crippen LogP contribution in [-0.4, -0.2) is 16.5 Å². The molecule has 0 radical (unpaired) electrons. The lowest BCUT2D eigenvalue weighted by Gasteiger charge is -2.09. The Hall–Kier alpha value is -2.29. The van der Waals surface area contributed by atoms with Crippen molar-refractivity contribution in [1.29, 1.82) is 0 Å². The van der Waals surface area contributed by atoms with Gasteiger partial charge in [-0.2, -0.15) is 8.78 Å². The standard InChI is InChI=1S/C13H13F2N3O3S/c1-7-8(2)22-12(17-7)6-16-9-3-4-10(18(19)20)11(5-9)21-13(14)15/h3-5,13,16H,6H2,1-2H3. The number of anilines is 1. The number of aryl methyl sites for hydroxylation is 2. The number of aromatic nitrogens is 1. The van der Waals surface area contributed by atoms with Crippen LogP contribution < -0.4 is 10.1 Å². The minimum absolute atomic E-state index is 0.394. The molecule has 0 unspecified atom stereocenters. The van der Waals surface area contributed by atoms with Crippen LogP contribution in [0.5, 0.6) is 5.75 Å². The van der Waals surface area contributed by atoms with E-state index in [4.69, 9.17) is 0 Å². The van der Waals surface area contributed by atoms with Crippen LogP contribution in [-0.2, 0) is 6.54 Å². The third kappa shape index (κ3) is 3.88. The lowest BCUT2D eigenvalue weighted by atomic mass is 10.2. The molecule has 0 saturated carbocycles. The first-order valence-electron chi connectivity index (χ1n) is 6.27. The molecular weight excluding hydrogens is 316 g/mol. The van der Waals surface area contributed by atoms with Crippen molar-refractivity contribution >= 4 is 22.7 Å². The van der Waals surface area contributed by atoms with E-state index in [0.29, 0.717) is 12.2 Å². The first kappa shape index (κ1) is 16.1. The molecule has 0 bridgehead atoms. The zero-order valence-electron chi connectivity index (χ0n) is 11.8. The van der Waals surface area contributed by atoms with Crippen LogP contribution in [0.1, 0.15) is 15.6 Å². The van der Waals surface area contributed by atoms with Crippen molar-refractivity contribution < 1.29 is 18.4 Å². The number of hydrogen-bond donors (Lipinski definition) is 1. The molecule has 0 amide bonds. The van der Waals surface area contributed by atoms with Crippen LogP contribution in [0.2, 0.25) is 0 Å². The summed E-state index contributed by atoms with van der Waals surface area (Å²) in [5.74, 6) is -0.475. The Kier molecular flexibility index (Phi) is 4.86. The second kappa shape index (κ2) is 6.65. The van der Waals surface area contributed by atoms with E-state index >= 15 is 0 Å². The Morgan fingerprint density at radius 1 is 1.45 bits per heavy atom. The van der Waals surface area contributed by atoms with E-state index in [9.17, 15) is 18.9 Å². The average Bonchev–Trinajstić information content (AvgIpc) is 2.75. The normalized spacial score (nSPS) is 10.8. The molecule has 0 fully saturated rings. The van der Waals surface area contributed by atoms with E-state index in [0.717, 1.165) is 21.6 Å². The summed E-state index contributed by atoms with van der Waals surface area (Å²) in [6, 6.07) is 3.74. The van der Waals surface area contributed by atoms with Crippen LogP contribution in [0.15, 0.2) is 18.2 Å². The second-order valence-electron chi connectivity index (χ2n) is 4.42. The summed E-state index contributed by atoms with van der Waals surface area (Å²) in [6.45, 7) is 1.12. The highest BCUT2D eigenvalue weighted by Crippen LogP contribution is 2.31. The fourth-order valence-corrected chi connectivity index (χ4v) is 2.63. The zero-order chi connectivity index (χ0) is 16.3. The van der Waals surface area contributed by atoms with E-state index in [-0.39, 0.29) is 0 Å². The molecule has 2 aromatic rings. The van der Waals surface area contributed by atoms with Gasteiger partial charge in [0, 0.05) is 22.7 Å². The van der Waals surface area contributed by atoms with Crippen molar-refractivity contribution in [2.45, 2.75) is 27.0 Å². The molecular formula is C13H13F2N3O3S. The first-order chi connectivity index (χ1) is 10.4. The molecule has 1 N–H and O–H groups in total. The molecule has 0 spiro atoms. The summed E-state index contributed by atoms with van der Waals surface area (Å²) < 4.78 is 28.8. The summed E-state index contributed by atoms with van der Waals surface area (Å²) in [6.07, 6.45) is 0. The SMILES string of the molecule is Cc1nc(CNc2ccc([N+](=O)[O-])c(OC(F)F)c2)sc1C. The fourth-order valence-electron chi connectivity index (χ4n) is 1.76. The lowest BCUT2D eigenvalue weighted by Crippen LogP contribution is -2.06. The van der Waals surface area contributed by atoms with Crippen LogP contribution in [0.4, 0.5) is 20.2 Å². The molecule has 9 heteroatoms. The van der Waals surface area contributed by atoms with Crippen LogP contribution in [0.25, 0.3) is 0 Å². The van der Waals surface area contributed by atoms with E-state index in [2.05, 4.69) is 15.0 Å². The highest BCUT2D eigenvalue weighted by molar-refractivity contribution is 7.11. The summed E-state index contributed by atoms with van der Waals surface area (Å²) in [5.41, 5.74) is 0.866. The quantitative estimate of drug-likeness (QED) is 0.643. The lowest BCUT2D eigenvalue weighted by molar-refractivity contribution is -0.386. The highest BCUT2D eigenvalue weighted by Gasteiger charge is 2.19. The maximum atomic E-state index is 12.3. The number of halogens is 2. The van der Waals surface area contributed by atoms with Crippen molar-refractivity contribution in [3.63, 3.8) is 0 Å². The van der Waals surface area contributed by atoms with Gasteiger partial charge in [-0.1, -0.05) is 0 Å². The van der Waals surface area contributed by atoms with Gasteiger partial charge in [-0.25, -0.2) is 4.98 Å². The number of nitrogens with one attached hydrogen (secondary N) is 1. The van der Waals surface area contributed by atoms with Gasteiger partial charge < -0.3 is 10.1 Å². The van der Waals surface area contributed by atoms with Gasteiger partial charge in [-0.15, -0.1) is 11.3 Å². The molecule has 2 rings (SSSR count). The smallest absolute Gasteiger partial charge is 0.387 e. The number of hydrogen-bond acceptors (Lipinski definition) is 6. The van der Waals surface area contributed by atoms with E-state index in [1.165, 1.54) is 23.5 Å². The summed E-state index contributed by atoms with van der Waals surface area (Å²) >= 11 is 1.52. The maximum Gasteiger partial charge on any atom is 0.387 e. The van der Waals surface area contributed by atoms with E-state index in [1.54, 1.807) is 0 Å². The van der Waals surface area contributed by atoms with Gasteiger partial charge in [-0.3, -0.25) is 10.1 Å². The molecule has 22 heavy (non-hydrogen) atoms. The van der Waals surface area contributed by atoms with Gasteiger partial charge >= 0.3 is 12.3 Å². The van der Waals surface area contributed by atoms with Crippen LogP contribution in [0.3, 0.4) is 0 Å². The third-order valence-electron chi connectivity index (χ3n) is 2.89. The Morgan fingerprint density at radius 2 is 2.18 bits per heavy atom. The number of ether oxygens (including phenoxy) is 1. The Bertz CT molecular complexity index is 672. The molecule has 1 aromatic heterocycles. The highest BCUT2D eigenvalue weighted by atomic mass is 32.1. The van der Waals surface area contributed by atoms with Gasteiger partial charge in [0.2, 0.25) is 5.75 Å². The maximum absolute atomic E-state index is 12.3. The largest absolute Gasteiger partial charge is 0.427 e. The average molecular weight is 329 g/mol. The topological polar surface area (TPSA) is 77.3 Å². The van der Waals surface area contributed by atoms with Crippen LogP contribution >= 0.6 is 11.3 Å². The molecule has 0 atom stereocenters. The number of nitro benzene ring substituents is 1. The summed E-state index contributed by atoms with van der Waals surface area (Å²) in [5, 5.41) is 14.6. The fraction of sp³-hybridized carbons (Fsp3) is 0.308. The summed E-state index contributed by atoms with van der Waals surface area (Å²) in [7, 11) is 0. The monoisotopic (exact) mass is 329 g/mol. The van der Waals surface area contributed by atoms with Gasteiger partial charge in [0.05, 0.1) is 17.2 Å². The van der Waals surface area contributed by atoms with E-state index in [1.807, 2.05) is 13.8 Å². The third-order valence-corrected chi connectivity index (χ3v) is 3.96. The van der Waals surface area contributed by atoms with Gasteiger partial charge in [0.15, 0.2) is 0 Å². The van der Waals surface area contributed by atoms with Gasteiger partial charge in [0.25, 0.3) is 0 Å². The molecule has 0 saturated heterocycles. The van der Waals surface area contributed by atoms with Crippen molar-refractivity contribution in [3.05, 3.63) is 43.9 Å². The minimum atomic E-state index is -3.13. The first-order valence-corrected chi connectivity index (χ1v) is 7.08. The second-order valence-corrected chi connectivity index (χ2v) is 5.71. The van der Waals surface area contributed by atoms with Crippen molar-refractivity contribution in [2.24, 2.45) is 0 Å². The van der Waals surface area contributed by atoms with Crippen molar-refractivity contribution in [2.75, 3.05) is 5.32 Å². The number of nitro groups is 1. The number of nitrogens with zero attached hydrogens (tertiary/aromatic N) is 2. The van der Waals surface area contributed by atoms with Gasteiger partial charge in [-0.05, 0) is 19.9 Å². The van der Waals surface area contributed by atoms with E-state index < -0.39 is 23.0 Å². The molecule has 0 aliphatic carbocycles. The van der Waals surface area contributed by atoms with Crippen molar-refractivity contribution in [3.8, 4) is 5.75 Å². The molecule has 0 aliphatic heterocycles. The number of rotatable bonds is 6. The van der Waals surface area contributed by atoms with Gasteiger partial charge in [0.1, 0.15) is 5.01 Å². The number of alkyl halides is 2. The Morgan fingerprint density at radius 3 is 2.73 bits per heavy atom. The minimum Gasteiger partial charge on any atom is -0.427 e. The van der Waals surface area contributed by atoms with Crippen LogP contribution in [0, 0.1) is 24.0 Å². The Balaban J connectivity index is 2.15. The number of benzene rings is 1. The zero-order valence-corrected chi connectivity index (χ0v) is 12.6. The molecule has 118 valence electrons. The number of thiazole rings is 1. The Labute approximate surface area is 128 Å². The molecule has 0 aliphatic rings. The molecule has 1 aromatic carbocycles. The predicted octanol–water partition coefficient (Wildman–Crippen LogP) is 3.88. The van der Waals surface area contributed by atoms with Crippen molar-refractivity contribution in [1.82, 2.24) is 4.98 Å².